The van der Waals surface area contributed by atoms with Gasteiger partial charge in [0.05, 0.1) is 18.9 Å². The van der Waals surface area contributed by atoms with Crippen molar-refractivity contribution >= 4 is 0 Å². The fourth-order valence-corrected chi connectivity index (χ4v) is 3.06. The Bertz CT molecular complexity index is 597. The van der Waals surface area contributed by atoms with Gasteiger partial charge in [-0.3, -0.25) is 9.88 Å². The van der Waals surface area contributed by atoms with Gasteiger partial charge in [-0.25, -0.2) is 0 Å². The van der Waals surface area contributed by atoms with Crippen LogP contribution in [0.2, 0.25) is 0 Å². The molecular formula is C19H24N2O2. The predicted molar refractivity (Wildman–Crippen MR) is 90.3 cm³/mol. The van der Waals surface area contributed by atoms with Crippen molar-refractivity contribution in [1.82, 2.24) is 9.88 Å². The highest BCUT2D eigenvalue weighted by atomic mass is 16.5. The molecule has 1 aliphatic rings. The first-order valence-corrected chi connectivity index (χ1v) is 8.21. The van der Waals surface area contributed by atoms with E-state index in [1.165, 1.54) is 5.56 Å². The summed E-state index contributed by atoms with van der Waals surface area (Å²) < 4.78 is 11.3. The highest BCUT2D eigenvalue weighted by Crippen LogP contribution is 2.22. The first-order valence-electron chi connectivity index (χ1n) is 8.21. The fraction of sp³-hybridized carbons (Fsp3) is 0.421. The highest BCUT2D eigenvalue weighted by molar-refractivity contribution is 5.33. The van der Waals surface area contributed by atoms with Crippen LogP contribution in [-0.4, -0.2) is 36.2 Å². The molecule has 0 bridgehead atoms. The van der Waals surface area contributed by atoms with Gasteiger partial charge >= 0.3 is 0 Å². The molecule has 1 aromatic carbocycles. The van der Waals surface area contributed by atoms with E-state index in [0.717, 1.165) is 50.5 Å². The minimum Gasteiger partial charge on any atom is -0.496 e. The molecule has 1 aromatic heterocycles. The number of hydrogen-bond donors (Lipinski definition) is 0. The Morgan fingerprint density at radius 2 is 2.04 bits per heavy atom. The van der Waals surface area contributed by atoms with Crippen molar-refractivity contribution in [2.24, 2.45) is 0 Å². The van der Waals surface area contributed by atoms with E-state index in [9.17, 15) is 0 Å². The number of benzene rings is 1. The van der Waals surface area contributed by atoms with Crippen LogP contribution in [0.15, 0.2) is 48.7 Å². The van der Waals surface area contributed by atoms with Crippen molar-refractivity contribution in [2.45, 2.75) is 32.0 Å². The molecule has 0 N–H and O–H groups in total. The summed E-state index contributed by atoms with van der Waals surface area (Å²) in [4.78, 5) is 6.86. The Balaban J connectivity index is 1.73. The lowest BCUT2D eigenvalue weighted by molar-refractivity contribution is 0.0672. The third-order valence-electron chi connectivity index (χ3n) is 4.18. The molecule has 0 saturated carbocycles. The molecule has 0 amide bonds. The van der Waals surface area contributed by atoms with Gasteiger partial charge in [0.1, 0.15) is 5.75 Å². The first-order chi connectivity index (χ1) is 11.3. The Labute approximate surface area is 138 Å². The molecule has 2 heterocycles. The topological polar surface area (TPSA) is 34.6 Å². The number of methoxy groups -OCH3 is 1. The quantitative estimate of drug-likeness (QED) is 0.786. The third kappa shape index (κ3) is 4.53. The van der Waals surface area contributed by atoms with Crippen LogP contribution in [0.4, 0.5) is 0 Å². The molecule has 1 fully saturated rings. The minimum atomic E-state index is 0.327. The molecule has 23 heavy (non-hydrogen) atoms. The van der Waals surface area contributed by atoms with Crippen LogP contribution in [0.3, 0.4) is 0 Å². The predicted octanol–water partition coefficient (Wildman–Crippen LogP) is 3.27. The fourth-order valence-electron chi connectivity index (χ4n) is 3.06. The maximum atomic E-state index is 5.82. The molecule has 1 aliphatic heterocycles. The maximum absolute atomic E-state index is 5.82. The van der Waals surface area contributed by atoms with E-state index in [2.05, 4.69) is 28.1 Å². The Kier molecular flexibility index (Phi) is 5.61. The number of hydrogen-bond acceptors (Lipinski definition) is 4. The van der Waals surface area contributed by atoms with E-state index in [4.69, 9.17) is 9.47 Å². The van der Waals surface area contributed by atoms with Crippen molar-refractivity contribution in [3.05, 3.63) is 59.9 Å². The standard InChI is InChI=1S/C19H24N2O2/c1-22-19-10-3-2-7-16(19)13-21(15-18-9-6-12-23-18)14-17-8-4-5-11-20-17/h2-5,7-8,10-11,18H,6,9,12-15H2,1H3/t18-/m1/s1. The Morgan fingerprint density at radius 3 is 2.78 bits per heavy atom. The Hall–Kier alpha value is -1.91. The molecule has 0 radical (unpaired) electrons. The lowest BCUT2D eigenvalue weighted by Crippen LogP contribution is -2.31. The van der Waals surface area contributed by atoms with E-state index < -0.39 is 0 Å². The Morgan fingerprint density at radius 1 is 1.17 bits per heavy atom. The monoisotopic (exact) mass is 312 g/mol. The normalized spacial score (nSPS) is 17.6. The summed E-state index contributed by atoms with van der Waals surface area (Å²) in [7, 11) is 1.72. The van der Waals surface area contributed by atoms with Crippen LogP contribution < -0.4 is 4.74 Å². The molecule has 1 atom stereocenters. The number of para-hydroxylation sites is 1. The molecule has 122 valence electrons. The molecule has 0 aliphatic carbocycles. The molecule has 1 saturated heterocycles. The van der Waals surface area contributed by atoms with Gasteiger partial charge in [-0.2, -0.15) is 0 Å². The summed E-state index contributed by atoms with van der Waals surface area (Å²) in [5.41, 5.74) is 2.28. The van der Waals surface area contributed by atoms with Gasteiger partial charge in [-0.15, -0.1) is 0 Å². The second-order valence-corrected chi connectivity index (χ2v) is 5.94. The summed E-state index contributed by atoms with van der Waals surface area (Å²) in [6.45, 7) is 3.46. The second kappa shape index (κ2) is 8.09. The van der Waals surface area contributed by atoms with Crippen molar-refractivity contribution in [3.63, 3.8) is 0 Å². The van der Waals surface area contributed by atoms with Crippen LogP contribution in [0, 0.1) is 0 Å². The smallest absolute Gasteiger partial charge is 0.123 e. The molecule has 4 heteroatoms. The summed E-state index contributed by atoms with van der Waals surface area (Å²) >= 11 is 0. The first kappa shape index (κ1) is 16.0. The lowest BCUT2D eigenvalue weighted by Gasteiger charge is -2.25. The molecule has 3 rings (SSSR count). The molecule has 2 aromatic rings. The highest BCUT2D eigenvalue weighted by Gasteiger charge is 2.20. The minimum absolute atomic E-state index is 0.327. The number of ether oxygens (including phenoxy) is 2. The van der Waals surface area contributed by atoms with Crippen molar-refractivity contribution in [3.8, 4) is 5.75 Å². The zero-order valence-electron chi connectivity index (χ0n) is 13.6. The van der Waals surface area contributed by atoms with Gasteiger partial charge in [-0.1, -0.05) is 24.3 Å². The largest absolute Gasteiger partial charge is 0.496 e. The van der Waals surface area contributed by atoms with Crippen LogP contribution >= 0.6 is 0 Å². The van der Waals surface area contributed by atoms with E-state index in [-0.39, 0.29) is 0 Å². The summed E-state index contributed by atoms with van der Waals surface area (Å²) in [5, 5.41) is 0. The average Bonchev–Trinajstić information content (AvgIpc) is 3.09. The molecule has 0 spiro atoms. The molecule has 0 unspecified atom stereocenters. The van der Waals surface area contributed by atoms with Crippen LogP contribution in [-0.2, 0) is 17.8 Å². The number of nitrogens with zero attached hydrogens (tertiary/aromatic N) is 2. The van der Waals surface area contributed by atoms with Crippen molar-refractivity contribution < 1.29 is 9.47 Å². The number of pyridine rings is 1. The van der Waals surface area contributed by atoms with Gasteiger partial charge in [0.25, 0.3) is 0 Å². The van der Waals surface area contributed by atoms with Gasteiger partial charge in [0.15, 0.2) is 0 Å². The SMILES string of the molecule is COc1ccccc1CN(Cc1ccccn1)C[C@H]1CCCO1. The van der Waals surface area contributed by atoms with E-state index >= 15 is 0 Å². The lowest BCUT2D eigenvalue weighted by atomic mass is 10.1. The van der Waals surface area contributed by atoms with Crippen molar-refractivity contribution in [2.75, 3.05) is 20.3 Å². The third-order valence-corrected chi connectivity index (χ3v) is 4.18. The molecule has 4 nitrogen and oxygen atoms in total. The van der Waals surface area contributed by atoms with Crippen LogP contribution in [0.5, 0.6) is 5.75 Å². The van der Waals surface area contributed by atoms with Crippen molar-refractivity contribution in [1.29, 1.82) is 0 Å². The van der Waals surface area contributed by atoms with Gasteiger partial charge < -0.3 is 9.47 Å². The number of rotatable bonds is 7. The maximum Gasteiger partial charge on any atom is 0.123 e. The van der Waals surface area contributed by atoms with E-state index in [0.29, 0.717) is 6.10 Å². The van der Waals surface area contributed by atoms with E-state index in [1.807, 2.05) is 30.5 Å². The van der Waals surface area contributed by atoms with E-state index in [1.54, 1.807) is 7.11 Å². The van der Waals surface area contributed by atoms with Gasteiger partial charge in [-0.05, 0) is 31.0 Å². The van der Waals surface area contributed by atoms with Crippen LogP contribution in [0.25, 0.3) is 0 Å². The zero-order valence-corrected chi connectivity index (χ0v) is 13.6. The summed E-state index contributed by atoms with van der Waals surface area (Å²) in [6.07, 6.45) is 4.48. The van der Waals surface area contributed by atoms with Gasteiger partial charge in [0, 0.05) is 38.0 Å². The van der Waals surface area contributed by atoms with Gasteiger partial charge in [0.2, 0.25) is 0 Å². The average molecular weight is 312 g/mol. The van der Waals surface area contributed by atoms with Crippen LogP contribution in [0.1, 0.15) is 24.1 Å². The summed E-state index contributed by atoms with van der Waals surface area (Å²) in [6, 6.07) is 14.3. The summed E-state index contributed by atoms with van der Waals surface area (Å²) in [5.74, 6) is 0.936. The number of aromatic nitrogens is 1. The molecular weight excluding hydrogens is 288 g/mol. The second-order valence-electron chi connectivity index (χ2n) is 5.94. The zero-order chi connectivity index (χ0) is 15.9.